The molecule has 0 amide bonds. The van der Waals surface area contributed by atoms with Crippen molar-refractivity contribution in [3.05, 3.63) is 0 Å². The minimum Gasteiger partial charge on any atom is -0.353 e. The van der Waals surface area contributed by atoms with E-state index in [1.165, 1.54) is 0 Å². The van der Waals surface area contributed by atoms with Crippen LogP contribution in [0.25, 0.3) is 0 Å². The zero-order valence-corrected chi connectivity index (χ0v) is 11.1. The van der Waals surface area contributed by atoms with Crippen LogP contribution in [0.3, 0.4) is 0 Å². The molecule has 0 saturated heterocycles. The monoisotopic (exact) mass is 230 g/mol. The van der Waals surface area contributed by atoms with Gasteiger partial charge in [-0.2, -0.15) is 0 Å². The molecule has 0 fully saturated rings. The van der Waals surface area contributed by atoms with Gasteiger partial charge in [-0.25, -0.2) is 0 Å². The lowest BCUT2D eigenvalue weighted by molar-refractivity contribution is -0.149. The Bertz CT molecular complexity index is 165. The van der Waals surface area contributed by atoms with E-state index in [0.717, 1.165) is 19.1 Å². The predicted octanol–water partition coefficient (Wildman–Crippen LogP) is 3.03. The number of hydrogen-bond acceptors (Lipinski definition) is 3. The van der Waals surface area contributed by atoms with Gasteiger partial charge in [-0.3, -0.25) is 0 Å². The molecule has 0 aliphatic carbocycles. The summed E-state index contributed by atoms with van der Waals surface area (Å²) < 4.78 is 11.0. The summed E-state index contributed by atoms with van der Waals surface area (Å²) >= 11 is 0. The summed E-state index contributed by atoms with van der Waals surface area (Å²) in [5.41, 5.74) is 0. The molecule has 0 bridgehead atoms. The molecular formula is C13H26O3. The zero-order chi connectivity index (χ0) is 12.4. The minimum atomic E-state index is -0.158. The van der Waals surface area contributed by atoms with Crippen LogP contribution in [0.15, 0.2) is 0 Å². The molecule has 0 aromatic heterocycles. The van der Waals surface area contributed by atoms with Crippen molar-refractivity contribution < 1.29 is 14.3 Å². The van der Waals surface area contributed by atoms with E-state index in [4.69, 9.17) is 9.47 Å². The number of carbonyl (C=O) groups is 1. The minimum absolute atomic E-state index is 0.158. The van der Waals surface area contributed by atoms with Crippen molar-refractivity contribution in [2.75, 3.05) is 13.2 Å². The van der Waals surface area contributed by atoms with Crippen LogP contribution in [-0.2, 0) is 14.3 Å². The second-order valence-electron chi connectivity index (χ2n) is 4.12. The van der Waals surface area contributed by atoms with Crippen molar-refractivity contribution in [3.8, 4) is 0 Å². The smallest absolute Gasteiger partial charge is 0.157 e. The normalized spacial score (nSPS) is 15.1. The van der Waals surface area contributed by atoms with Crippen LogP contribution in [-0.4, -0.2) is 25.8 Å². The Kier molecular flexibility index (Phi) is 9.54. The third-order valence-electron chi connectivity index (χ3n) is 3.05. The van der Waals surface area contributed by atoms with Crippen LogP contribution in [0, 0.1) is 11.8 Å². The van der Waals surface area contributed by atoms with Crippen molar-refractivity contribution in [1.82, 2.24) is 0 Å². The van der Waals surface area contributed by atoms with E-state index in [2.05, 4.69) is 13.8 Å². The van der Waals surface area contributed by atoms with Crippen LogP contribution >= 0.6 is 0 Å². The highest BCUT2D eigenvalue weighted by Crippen LogP contribution is 2.24. The fourth-order valence-electron chi connectivity index (χ4n) is 1.82. The average molecular weight is 230 g/mol. The maximum atomic E-state index is 10.7. The van der Waals surface area contributed by atoms with Crippen LogP contribution in [0.2, 0.25) is 0 Å². The highest BCUT2D eigenvalue weighted by Gasteiger charge is 2.21. The maximum Gasteiger partial charge on any atom is 0.157 e. The average Bonchev–Trinajstić information content (AvgIpc) is 2.28. The summed E-state index contributed by atoms with van der Waals surface area (Å²) in [6, 6.07) is 0. The molecule has 0 aliphatic rings. The van der Waals surface area contributed by atoms with Gasteiger partial charge in [-0.15, -0.1) is 0 Å². The highest BCUT2D eigenvalue weighted by molar-refractivity contribution is 5.49. The molecule has 16 heavy (non-hydrogen) atoms. The molecule has 0 saturated carbocycles. The molecule has 0 spiro atoms. The van der Waals surface area contributed by atoms with Gasteiger partial charge in [0.05, 0.1) is 0 Å². The number of aldehydes is 1. The Labute approximate surface area is 99.5 Å². The van der Waals surface area contributed by atoms with Gasteiger partial charge in [0.2, 0.25) is 0 Å². The summed E-state index contributed by atoms with van der Waals surface area (Å²) in [5.74, 6) is 0.902. The number of hydrogen-bond donors (Lipinski definition) is 0. The molecule has 0 rings (SSSR count). The first-order valence-electron chi connectivity index (χ1n) is 6.36. The Morgan fingerprint density at radius 3 is 2.06 bits per heavy atom. The second kappa shape index (κ2) is 9.79. The van der Waals surface area contributed by atoms with E-state index in [0.29, 0.717) is 31.5 Å². The van der Waals surface area contributed by atoms with Gasteiger partial charge >= 0.3 is 0 Å². The van der Waals surface area contributed by atoms with E-state index in [-0.39, 0.29) is 6.29 Å². The highest BCUT2D eigenvalue weighted by atomic mass is 16.7. The molecule has 2 atom stereocenters. The summed E-state index contributed by atoms with van der Waals surface area (Å²) in [7, 11) is 0. The van der Waals surface area contributed by atoms with Gasteiger partial charge in [-0.1, -0.05) is 20.3 Å². The Morgan fingerprint density at radius 2 is 1.69 bits per heavy atom. The molecule has 2 unspecified atom stereocenters. The van der Waals surface area contributed by atoms with Gasteiger partial charge in [0.1, 0.15) is 6.29 Å². The molecule has 3 nitrogen and oxygen atoms in total. The first-order chi connectivity index (χ1) is 7.69. The van der Waals surface area contributed by atoms with Crippen molar-refractivity contribution >= 4 is 6.29 Å². The number of carbonyl (C=O) groups excluding carboxylic acids is 1. The fraction of sp³-hybridized carbons (Fsp3) is 0.923. The lowest BCUT2D eigenvalue weighted by Crippen LogP contribution is -2.24. The standard InChI is InChI=1S/C13H26O3/c1-5-11(4)12(8-9-14)10-13(15-6-2)16-7-3/h9,11-13H,5-8,10H2,1-4H3. The summed E-state index contributed by atoms with van der Waals surface area (Å²) in [6.45, 7) is 9.56. The molecule has 3 heteroatoms. The SMILES string of the molecule is CCOC(CC(CC=O)C(C)CC)OCC. The van der Waals surface area contributed by atoms with E-state index >= 15 is 0 Å². The van der Waals surface area contributed by atoms with Crippen LogP contribution in [0.1, 0.15) is 47.0 Å². The molecule has 0 aromatic rings. The maximum absolute atomic E-state index is 10.7. The zero-order valence-electron chi connectivity index (χ0n) is 11.1. The van der Waals surface area contributed by atoms with E-state index in [1.54, 1.807) is 0 Å². The van der Waals surface area contributed by atoms with Crippen molar-refractivity contribution in [3.63, 3.8) is 0 Å². The Morgan fingerprint density at radius 1 is 1.12 bits per heavy atom. The summed E-state index contributed by atoms with van der Waals surface area (Å²) in [6.07, 6.45) is 3.35. The van der Waals surface area contributed by atoms with Crippen molar-refractivity contribution in [1.29, 1.82) is 0 Å². The summed E-state index contributed by atoms with van der Waals surface area (Å²) in [5, 5.41) is 0. The lowest BCUT2D eigenvalue weighted by Gasteiger charge is -2.26. The molecule has 0 N–H and O–H groups in total. The topological polar surface area (TPSA) is 35.5 Å². The second-order valence-corrected chi connectivity index (χ2v) is 4.12. The largest absolute Gasteiger partial charge is 0.353 e. The van der Waals surface area contributed by atoms with Gasteiger partial charge in [0.25, 0.3) is 0 Å². The fourth-order valence-corrected chi connectivity index (χ4v) is 1.82. The van der Waals surface area contributed by atoms with E-state index in [9.17, 15) is 4.79 Å². The van der Waals surface area contributed by atoms with Crippen LogP contribution in [0.5, 0.6) is 0 Å². The van der Waals surface area contributed by atoms with Crippen LogP contribution in [0.4, 0.5) is 0 Å². The number of ether oxygens (including phenoxy) is 2. The van der Waals surface area contributed by atoms with Crippen molar-refractivity contribution in [2.45, 2.75) is 53.2 Å². The van der Waals surface area contributed by atoms with E-state index in [1.807, 2.05) is 13.8 Å². The molecule has 96 valence electrons. The van der Waals surface area contributed by atoms with Crippen LogP contribution < -0.4 is 0 Å². The molecule has 0 aromatic carbocycles. The van der Waals surface area contributed by atoms with Gasteiger partial charge in [0, 0.05) is 26.1 Å². The third kappa shape index (κ3) is 6.23. The number of rotatable bonds is 10. The third-order valence-corrected chi connectivity index (χ3v) is 3.05. The quantitative estimate of drug-likeness (QED) is 0.427. The first kappa shape index (κ1) is 15.6. The Hall–Kier alpha value is -0.410. The molecule has 0 aliphatic heterocycles. The van der Waals surface area contributed by atoms with Gasteiger partial charge in [0.15, 0.2) is 6.29 Å². The van der Waals surface area contributed by atoms with Gasteiger partial charge in [-0.05, 0) is 25.7 Å². The van der Waals surface area contributed by atoms with Gasteiger partial charge < -0.3 is 14.3 Å². The molecular weight excluding hydrogens is 204 g/mol. The van der Waals surface area contributed by atoms with Crippen molar-refractivity contribution in [2.24, 2.45) is 11.8 Å². The van der Waals surface area contributed by atoms with E-state index < -0.39 is 0 Å². The Balaban J connectivity index is 4.24. The predicted molar refractivity (Wildman–Crippen MR) is 65.3 cm³/mol. The summed E-state index contributed by atoms with van der Waals surface area (Å²) in [4.78, 5) is 10.7. The first-order valence-corrected chi connectivity index (χ1v) is 6.36. The molecule has 0 heterocycles. The lowest BCUT2D eigenvalue weighted by atomic mass is 9.86. The molecule has 0 radical (unpaired) electrons.